The number of fused-ring (bicyclic) bond motifs is 1. The fourth-order valence-electron chi connectivity index (χ4n) is 3.65. The van der Waals surface area contributed by atoms with Crippen molar-refractivity contribution in [1.82, 2.24) is 4.90 Å². The zero-order chi connectivity index (χ0) is 17.2. The molecule has 3 aromatic carbocycles. The van der Waals surface area contributed by atoms with Gasteiger partial charge >= 0.3 is 0 Å². The smallest absolute Gasteiger partial charge is 0.254 e. The Bertz CT molecular complexity index is 891. The van der Waals surface area contributed by atoms with E-state index in [1.54, 1.807) is 0 Å². The summed E-state index contributed by atoms with van der Waals surface area (Å²) in [6, 6.07) is 24.9. The second kappa shape index (κ2) is 6.60. The number of hydrogen-bond acceptors (Lipinski definition) is 2. The number of para-hydroxylation sites is 1. The Balaban J connectivity index is 1.51. The van der Waals surface area contributed by atoms with E-state index in [-0.39, 0.29) is 5.91 Å². The SMILES string of the molecule is CC1CN(C(=O)c2ccc3ccccc3c2)CCN1c1ccccc1. The molecule has 25 heavy (non-hydrogen) atoms. The van der Waals surface area contributed by atoms with E-state index in [1.807, 2.05) is 41.3 Å². The molecular weight excluding hydrogens is 308 g/mol. The highest BCUT2D eigenvalue weighted by Gasteiger charge is 2.27. The van der Waals surface area contributed by atoms with Crippen LogP contribution in [0, 0.1) is 0 Å². The number of amides is 1. The van der Waals surface area contributed by atoms with E-state index < -0.39 is 0 Å². The molecule has 126 valence electrons. The summed E-state index contributed by atoms with van der Waals surface area (Å²) in [4.78, 5) is 17.3. The summed E-state index contributed by atoms with van der Waals surface area (Å²) in [5, 5.41) is 2.28. The minimum absolute atomic E-state index is 0.130. The van der Waals surface area contributed by atoms with Crippen LogP contribution < -0.4 is 4.90 Å². The Morgan fingerprint density at radius 1 is 0.880 bits per heavy atom. The van der Waals surface area contributed by atoms with Crippen molar-refractivity contribution in [2.45, 2.75) is 13.0 Å². The second-order valence-electron chi connectivity index (χ2n) is 6.69. The van der Waals surface area contributed by atoms with Crippen molar-refractivity contribution in [3.63, 3.8) is 0 Å². The standard InChI is InChI=1S/C22H22N2O/c1-17-16-23(13-14-24(17)21-9-3-2-4-10-21)22(25)20-12-11-18-7-5-6-8-19(18)15-20/h2-12,15,17H,13-14,16H2,1H3. The van der Waals surface area contributed by atoms with Gasteiger partial charge in [-0.05, 0) is 42.0 Å². The number of rotatable bonds is 2. The first-order valence-corrected chi connectivity index (χ1v) is 8.82. The normalized spacial score (nSPS) is 17.7. The van der Waals surface area contributed by atoms with Gasteiger partial charge in [-0.1, -0.05) is 48.5 Å². The van der Waals surface area contributed by atoms with Crippen molar-refractivity contribution in [3.05, 3.63) is 78.4 Å². The van der Waals surface area contributed by atoms with Crippen molar-refractivity contribution < 1.29 is 4.79 Å². The van der Waals surface area contributed by atoms with Crippen LogP contribution in [-0.2, 0) is 0 Å². The molecule has 1 unspecified atom stereocenters. The minimum atomic E-state index is 0.130. The number of carbonyl (C=O) groups is 1. The molecule has 1 amide bonds. The van der Waals surface area contributed by atoms with Crippen LogP contribution >= 0.6 is 0 Å². The van der Waals surface area contributed by atoms with Gasteiger partial charge in [0.25, 0.3) is 5.91 Å². The number of nitrogens with zero attached hydrogens (tertiary/aromatic N) is 2. The van der Waals surface area contributed by atoms with Gasteiger partial charge in [0, 0.05) is 36.9 Å². The van der Waals surface area contributed by atoms with Gasteiger partial charge in [-0.3, -0.25) is 4.79 Å². The molecule has 0 radical (unpaired) electrons. The number of hydrogen-bond donors (Lipinski definition) is 0. The Morgan fingerprint density at radius 2 is 1.60 bits per heavy atom. The monoisotopic (exact) mass is 330 g/mol. The van der Waals surface area contributed by atoms with Crippen LogP contribution in [0.15, 0.2) is 72.8 Å². The summed E-state index contributed by atoms with van der Waals surface area (Å²) in [6.07, 6.45) is 0. The molecule has 0 N–H and O–H groups in total. The van der Waals surface area contributed by atoms with Gasteiger partial charge in [0.2, 0.25) is 0 Å². The first-order valence-electron chi connectivity index (χ1n) is 8.82. The lowest BCUT2D eigenvalue weighted by Gasteiger charge is -2.41. The minimum Gasteiger partial charge on any atom is -0.365 e. The van der Waals surface area contributed by atoms with Gasteiger partial charge in [0.05, 0.1) is 0 Å². The highest BCUT2D eigenvalue weighted by molar-refractivity contribution is 5.98. The van der Waals surface area contributed by atoms with Crippen LogP contribution in [0.5, 0.6) is 0 Å². The zero-order valence-electron chi connectivity index (χ0n) is 14.4. The molecule has 3 aromatic rings. The maximum Gasteiger partial charge on any atom is 0.254 e. The average Bonchev–Trinajstić information content (AvgIpc) is 2.67. The molecule has 1 atom stereocenters. The van der Waals surface area contributed by atoms with Crippen molar-refractivity contribution in [1.29, 1.82) is 0 Å². The summed E-state index contributed by atoms with van der Waals surface area (Å²) in [5.74, 6) is 0.130. The van der Waals surface area contributed by atoms with E-state index in [0.717, 1.165) is 30.6 Å². The highest BCUT2D eigenvalue weighted by Crippen LogP contribution is 2.22. The van der Waals surface area contributed by atoms with E-state index >= 15 is 0 Å². The molecule has 1 fully saturated rings. The second-order valence-corrected chi connectivity index (χ2v) is 6.69. The lowest BCUT2D eigenvalue weighted by Crippen LogP contribution is -2.53. The quantitative estimate of drug-likeness (QED) is 0.703. The Labute approximate surface area is 148 Å². The predicted octanol–water partition coefficient (Wildman–Crippen LogP) is 4.19. The molecule has 0 bridgehead atoms. The fraction of sp³-hybridized carbons (Fsp3) is 0.227. The summed E-state index contributed by atoms with van der Waals surface area (Å²) < 4.78 is 0. The van der Waals surface area contributed by atoms with Crippen molar-refractivity contribution in [2.75, 3.05) is 24.5 Å². The summed E-state index contributed by atoms with van der Waals surface area (Å²) >= 11 is 0. The maximum absolute atomic E-state index is 12.9. The molecule has 1 aliphatic heterocycles. The molecule has 0 aromatic heterocycles. The van der Waals surface area contributed by atoms with Crippen LogP contribution in [0.1, 0.15) is 17.3 Å². The van der Waals surface area contributed by atoms with E-state index in [4.69, 9.17) is 0 Å². The Hall–Kier alpha value is -2.81. The number of piperazine rings is 1. The van der Waals surface area contributed by atoms with E-state index in [0.29, 0.717) is 6.04 Å². The van der Waals surface area contributed by atoms with Crippen LogP contribution in [0.25, 0.3) is 10.8 Å². The van der Waals surface area contributed by atoms with Crippen LogP contribution in [0.3, 0.4) is 0 Å². The lowest BCUT2D eigenvalue weighted by atomic mass is 10.1. The van der Waals surface area contributed by atoms with Crippen LogP contribution in [0.4, 0.5) is 5.69 Å². The molecule has 1 saturated heterocycles. The first kappa shape index (κ1) is 15.7. The molecule has 3 nitrogen and oxygen atoms in total. The number of benzene rings is 3. The molecule has 0 saturated carbocycles. The molecule has 4 rings (SSSR count). The fourth-order valence-corrected chi connectivity index (χ4v) is 3.65. The average molecular weight is 330 g/mol. The summed E-state index contributed by atoms with van der Waals surface area (Å²) in [6.45, 7) is 4.56. The largest absolute Gasteiger partial charge is 0.365 e. The zero-order valence-corrected chi connectivity index (χ0v) is 14.4. The third-order valence-corrected chi connectivity index (χ3v) is 5.00. The van der Waals surface area contributed by atoms with Crippen LogP contribution in [0.2, 0.25) is 0 Å². The third kappa shape index (κ3) is 3.10. The molecule has 0 aliphatic carbocycles. The molecule has 1 aliphatic rings. The Morgan fingerprint density at radius 3 is 2.36 bits per heavy atom. The van der Waals surface area contributed by atoms with Crippen LogP contribution in [-0.4, -0.2) is 36.5 Å². The van der Waals surface area contributed by atoms with Gasteiger partial charge in [-0.15, -0.1) is 0 Å². The van der Waals surface area contributed by atoms with Gasteiger partial charge in [-0.25, -0.2) is 0 Å². The van der Waals surface area contributed by atoms with Crippen molar-refractivity contribution in [2.24, 2.45) is 0 Å². The molecule has 0 spiro atoms. The summed E-state index contributed by atoms with van der Waals surface area (Å²) in [7, 11) is 0. The van der Waals surface area contributed by atoms with E-state index in [1.165, 1.54) is 11.1 Å². The molecule has 1 heterocycles. The highest BCUT2D eigenvalue weighted by atomic mass is 16.2. The topological polar surface area (TPSA) is 23.6 Å². The van der Waals surface area contributed by atoms with Crippen molar-refractivity contribution >= 4 is 22.4 Å². The maximum atomic E-state index is 12.9. The van der Waals surface area contributed by atoms with Gasteiger partial charge < -0.3 is 9.80 Å². The first-order chi connectivity index (χ1) is 12.2. The third-order valence-electron chi connectivity index (χ3n) is 5.00. The Kier molecular flexibility index (Phi) is 4.14. The van der Waals surface area contributed by atoms with E-state index in [9.17, 15) is 4.79 Å². The van der Waals surface area contributed by atoms with Crippen molar-refractivity contribution in [3.8, 4) is 0 Å². The lowest BCUT2D eigenvalue weighted by molar-refractivity contribution is 0.0726. The van der Waals surface area contributed by atoms with Gasteiger partial charge in [0.1, 0.15) is 0 Å². The molecular formula is C22H22N2O. The molecule has 3 heteroatoms. The number of carbonyl (C=O) groups excluding carboxylic acids is 1. The number of anilines is 1. The van der Waals surface area contributed by atoms with E-state index in [2.05, 4.69) is 48.2 Å². The predicted molar refractivity (Wildman–Crippen MR) is 103 cm³/mol. The van der Waals surface area contributed by atoms with Gasteiger partial charge in [0.15, 0.2) is 0 Å². The van der Waals surface area contributed by atoms with Gasteiger partial charge in [-0.2, -0.15) is 0 Å². The summed E-state index contributed by atoms with van der Waals surface area (Å²) in [5.41, 5.74) is 2.01.